The van der Waals surface area contributed by atoms with Gasteiger partial charge in [-0.15, -0.1) is 0 Å². The normalized spacial score (nSPS) is 16.1. The van der Waals surface area contributed by atoms with Crippen LogP contribution in [0.25, 0.3) is 0 Å². The molecule has 0 bridgehead atoms. The molecule has 0 aromatic heterocycles. The quantitative estimate of drug-likeness (QED) is 0.555. The van der Waals surface area contributed by atoms with E-state index in [0.717, 1.165) is 6.07 Å². The lowest BCUT2D eigenvalue weighted by atomic mass is 9.96. The van der Waals surface area contributed by atoms with E-state index in [1.54, 1.807) is 11.9 Å². The molecule has 1 fully saturated rings. The summed E-state index contributed by atoms with van der Waals surface area (Å²) >= 11 is 0. The van der Waals surface area contributed by atoms with Gasteiger partial charge in [-0.1, -0.05) is 0 Å². The number of ether oxygens (including phenoxy) is 2. The second kappa shape index (κ2) is 9.90. The molecular formula is C20H29FN4O6. The fourth-order valence-electron chi connectivity index (χ4n) is 3.15. The van der Waals surface area contributed by atoms with Crippen LogP contribution in [-0.2, 0) is 15.9 Å². The Morgan fingerprint density at radius 1 is 1.29 bits per heavy atom. The van der Waals surface area contributed by atoms with Gasteiger partial charge in [0.15, 0.2) is 5.82 Å². The highest BCUT2D eigenvalue weighted by atomic mass is 19.1. The number of carbonyl (C=O) groups excluding carboxylic acids is 2. The summed E-state index contributed by atoms with van der Waals surface area (Å²) in [4.78, 5) is 36.6. The summed E-state index contributed by atoms with van der Waals surface area (Å²) in [6, 6.07) is 1.14. The zero-order valence-electron chi connectivity index (χ0n) is 18.5. The van der Waals surface area contributed by atoms with Gasteiger partial charge in [-0.2, -0.15) is 0 Å². The first-order chi connectivity index (χ1) is 14.5. The van der Waals surface area contributed by atoms with Crippen molar-refractivity contribution in [3.05, 3.63) is 33.1 Å². The van der Waals surface area contributed by atoms with Crippen LogP contribution in [0.3, 0.4) is 0 Å². The number of hydrogen-bond donors (Lipinski definition) is 1. The summed E-state index contributed by atoms with van der Waals surface area (Å²) < 4.78 is 24.5. The maximum Gasteiger partial charge on any atom is 0.410 e. The molecule has 0 unspecified atom stereocenters. The molecule has 2 aliphatic rings. The zero-order valence-corrected chi connectivity index (χ0v) is 18.5. The van der Waals surface area contributed by atoms with Crippen LogP contribution < -0.4 is 5.32 Å². The Bertz CT molecular complexity index is 849. The number of carbonyl (C=O) groups is 2. The molecular weight excluding hydrogens is 411 g/mol. The number of rotatable bonds is 2. The van der Waals surface area contributed by atoms with Crippen LogP contribution in [0.5, 0.6) is 0 Å². The van der Waals surface area contributed by atoms with Gasteiger partial charge in [0, 0.05) is 45.4 Å². The number of fused-ring (bicyclic) bond motifs is 1. The molecule has 1 aromatic rings. The van der Waals surface area contributed by atoms with Crippen molar-refractivity contribution >= 4 is 23.4 Å². The Hall–Kier alpha value is -2.95. The Labute approximate surface area is 180 Å². The van der Waals surface area contributed by atoms with Gasteiger partial charge in [0.25, 0.3) is 11.6 Å². The molecule has 10 nitrogen and oxygen atoms in total. The number of hydrogen-bond acceptors (Lipinski definition) is 7. The number of likely N-dealkylation sites (N-methyl/N-ethyl adjacent to an activating group) is 1. The number of nitrogens with one attached hydrogen (secondary N) is 1. The van der Waals surface area contributed by atoms with Crippen LogP contribution in [0.15, 0.2) is 6.07 Å². The number of amides is 2. The summed E-state index contributed by atoms with van der Waals surface area (Å²) in [5.74, 6) is -1.09. The molecule has 1 saturated heterocycles. The van der Waals surface area contributed by atoms with Crippen LogP contribution in [0.4, 0.5) is 20.6 Å². The number of nitro benzene ring substituents is 1. The van der Waals surface area contributed by atoms with Gasteiger partial charge in [0.1, 0.15) is 11.3 Å². The van der Waals surface area contributed by atoms with E-state index in [4.69, 9.17) is 9.47 Å². The lowest BCUT2D eigenvalue weighted by Gasteiger charge is -2.29. The number of nitrogens with zero attached hydrogens (tertiary/aromatic N) is 3. The van der Waals surface area contributed by atoms with E-state index in [-0.39, 0.29) is 28.8 Å². The van der Waals surface area contributed by atoms with E-state index in [2.05, 4.69) is 5.32 Å². The van der Waals surface area contributed by atoms with Gasteiger partial charge in [-0.05, 0) is 27.2 Å². The molecule has 2 heterocycles. The van der Waals surface area contributed by atoms with Gasteiger partial charge in [0.2, 0.25) is 0 Å². The molecule has 0 radical (unpaired) electrons. The van der Waals surface area contributed by atoms with E-state index in [1.165, 1.54) is 11.9 Å². The number of halogens is 1. The highest BCUT2D eigenvalue weighted by molar-refractivity contribution is 5.98. The van der Waals surface area contributed by atoms with Crippen LogP contribution in [0.1, 0.15) is 36.7 Å². The molecule has 2 amide bonds. The molecule has 0 saturated carbocycles. The molecule has 2 aliphatic heterocycles. The van der Waals surface area contributed by atoms with Crippen molar-refractivity contribution in [1.82, 2.24) is 9.80 Å². The maximum atomic E-state index is 14.1. The van der Waals surface area contributed by atoms with Crippen molar-refractivity contribution in [1.29, 1.82) is 0 Å². The van der Waals surface area contributed by atoms with Crippen LogP contribution >= 0.6 is 0 Å². The van der Waals surface area contributed by atoms with Crippen molar-refractivity contribution in [2.45, 2.75) is 32.8 Å². The van der Waals surface area contributed by atoms with Crippen LogP contribution in [0, 0.1) is 15.9 Å². The van der Waals surface area contributed by atoms with Crippen molar-refractivity contribution in [3.8, 4) is 0 Å². The first-order valence-corrected chi connectivity index (χ1v) is 9.95. The average molecular weight is 440 g/mol. The maximum absolute atomic E-state index is 14.1. The minimum absolute atomic E-state index is 0.0759. The molecule has 172 valence electrons. The third-order valence-electron chi connectivity index (χ3n) is 4.73. The lowest BCUT2D eigenvalue weighted by molar-refractivity contribution is -0.384. The van der Waals surface area contributed by atoms with Crippen molar-refractivity contribution in [2.75, 3.05) is 52.3 Å². The summed E-state index contributed by atoms with van der Waals surface area (Å²) in [6.45, 7) is 8.49. The Balaban J connectivity index is 0.000000233. The molecule has 11 heteroatoms. The van der Waals surface area contributed by atoms with Crippen LogP contribution in [-0.4, -0.2) is 79.3 Å². The molecule has 0 spiro atoms. The largest absolute Gasteiger partial charge is 0.444 e. The summed E-state index contributed by atoms with van der Waals surface area (Å²) in [5, 5.41) is 13.4. The molecule has 3 rings (SSSR count). The lowest BCUT2D eigenvalue weighted by Crippen LogP contribution is -2.43. The first-order valence-electron chi connectivity index (χ1n) is 9.95. The second-order valence-corrected chi connectivity index (χ2v) is 8.17. The fraction of sp³-hybridized carbons (Fsp3) is 0.600. The Morgan fingerprint density at radius 2 is 1.90 bits per heavy atom. The van der Waals surface area contributed by atoms with Gasteiger partial charge >= 0.3 is 6.09 Å². The van der Waals surface area contributed by atoms with Crippen molar-refractivity contribution in [2.24, 2.45) is 0 Å². The third-order valence-corrected chi connectivity index (χ3v) is 4.73. The van der Waals surface area contributed by atoms with Crippen molar-refractivity contribution < 1.29 is 28.4 Å². The SMILES string of the molecule is CC(C)(C)OC(=O)N1CCOCC1.CNc1c([N+](=O)[O-])cc2c(c1F)CCN(C)C2=O. The van der Waals surface area contributed by atoms with Gasteiger partial charge in [0.05, 0.1) is 23.7 Å². The topological polar surface area (TPSA) is 114 Å². The predicted molar refractivity (Wildman–Crippen MR) is 112 cm³/mol. The Morgan fingerprint density at radius 3 is 2.42 bits per heavy atom. The Kier molecular flexibility index (Phi) is 7.77. The second-order valence-electron chi connectivity index (χ2n) is 8.17. The van der Waals surface area contributed by atoms with E-state index < -0.39 is 22.0 Å². The minimum atomic E-state index is -0.705. The first kappa shape index (κ1) is 24.3. The van der Waals surface area contributed by atoms with E-state index >= 15 is 0 Å². The number of anilines is 1. The average Bonchev–Trinajstić information content (AvgIpc) is 2.70. The summed E-state index contributed by atoms with van der Waals surface area (Å²) in [7, 11) is 3.00. The van der Waals surface area contributed by atoms with Crippen LogP contribution in [0.2, 0.25) is 0 Å². The van der Waals surface area contributed by atoms with Gasteiger partial charge in [-0.3, -0.25) is 14.9 Å². The molecule has 1 aromatic carbocycles. The number of morpholine rings is 1. The van der Waals surface area contributed by atoms with E-state index in [1.807, 2.05) is 20.8 Å². The van der Waals surface area contributed by atoms with E-state index in [0.29, 0.717) is 39.3 Å². The fourth-order valence-corrected chi connectivity index (χ4v) is 3.15. The summed E-state index contributed by atoms with van der Waals surface area (Å²) in [5.41, 5.74) is -0.677. The summed E-state index contributed by atoms with van der Waals surface area (Å²) in [6.07, 6.45) is 0.117. The highest BCUT2D eigenvalue weighted by Gasteiger charge is 2.31. The smallest absolute Gasteiger partial charge is 0.410 e. The van der Waals surface area contributed by atoms with Gasteiger partial charge in [-0.25, -0.2) is 9.18 Å². The van der Waals surface area contributed by atoms with E-state index in [9.17, 15) is 24.1 Å². The van der Waals surface area contributed by atoms with Gasteiger partial charge < -0.3 is 24.6 Å². The number of benzene rings is 1. The molecule has 31 heavy (non-hydrogen) atoms. The monoisotopic (exact) mass is 440 g/mol. The standard InChI is InChI=1S/C11H12FN3O3.C9H17NO3/c1-13-10-8(15(17)18)5-7-6(9(10)12)3-4-14(2)11(7)16;1-9(2,3)13-8(11)10-4-6-12-7-5-10/h5,13H,3-4H2,1-2H3;4-7H2,1-3H3. The number of nitro groups is 1. The zero-order chi connectivity index (χ0) is 23.3. The third kappa shape index (κ3) is 6.03. The van der Waals surface area contributed by atoms with Crippen molar-refractivity contribution in [3.63, 3.8) is 0 Å². The highest BCUT2D eigenvalue weighted by Crippen LogP contribution is 2.34. The molecule has 1 N–H and O–H groups in total. The predicted octanol–water partition coefficient (Wildman–Crippen LogP) is 2.66. The molecule has 0 atom stereocenters. The minimum Gasteiger partial charge on any atom is -0.444 e. The molecule has 0 aliphatic carbocycles.